The Hall–Kier alpha value is -2.22. The molecule has 0 aliphatic carbocycles. The summed E-state index contributed by atoms with van der Waals surface area (Å²) in [6.45, 7) is 3.40. The van der Waals surface area contributed by atoms with Crippen molar-refractivity contribution >= 4 is 11.7 Å². The minimum Gasteiger partial charge on any atom is -0.339 e. The second kappa shape index (κ2) is 5.88. The fraction of sp³-hybridized carbons (Fsp3) is 0.357. The van der Waals surface area contributed by atoms with Crippen molar-refractivity contribution in [3.63, 3.8) is 0 Å². The monoisotopic (exact) mass is 311 g/mol. The lowest BCUT2D eigenvalue weighted by Gasteiger charge is -2.32. The molecule has 1 aromatic rings. The topological polar surface area (TPSA) is 51.7 Å². The first kappa shape index (κ1) is 14.7. The highest BCUT2D eigenvalue weighted by Gasteiger charge is 2.30. The Labute approximate surface area is 125 Å². The van der Waals surface area contributed by atoms with Crippen molar-refractivity contribution in [1.29, 1.82) is 0 Å². The molecule has 0 bridgehead atoms. The van der Waals surface area contributed by atoms with Crippen molar-refractivity contribution in [2.45, 2.75) is 6.18 Å². The van der Waals surface area contributed by atoms with Crippen LogP contribution in [0.25, 0.3) is 5.70 Å². The van der Waals surface area contributed by atoms with Gasteiger partial charge in [0, 0.05) is 37.9 Å². The van der Waals surface area contributed by atoms with E-state index >= 15 is 0 Å². The highest BCUT2D eigenvalue weighted by atomic mass is 19.4. The van der Waals surface area contributed by atoms with Gasteiger partial charge in [0.25, 0.3) is 0 Å². The van der Waals surface area contributed by atoms with Crippen LogP contribution in [0.2, 0.25) is 0 Å². The number of aliphatic imine (C=N–C) groups is 1. The first-order valence-electron chi connectivity index (χ1n) is 6.98. The Morgan fingerprint density at radius 1 is 1.05 bits per heavy atom. The highest BCUT2D eigenvalue weighted by Crippen LogP contribution is 2.30. The quantitative estimate of drug-likeness (QED) is 0.733. The molecule has 8 heteroatoms. The van der Waals surface area contributed by atoms with Gasteiger partial charge >= 0.3 is 6.18 Å². The summed E-state index contributed by atoms with van der Waals surface area (Å²) in [4.78, 5) is 6.57. The molecule has 118 valence electrons. The second-order valence-corrected chi connectivity index (χ2v) is 5.05. The molecule has 0 unspecified atom stereocenters. The van der Waals surface area contributed by atoms with Crippen LogP contribution in [0.5, 0.6) is 0 Å². The van der Waals surface area contributed by atoms with Gasteiger partial charge in [0.05, 0.1) is 11.3 Å². The highest BCUT2D eigenvalue weighted by molar-refractivity contribution is 5.87. The molecule has 0 amide bonds. The summed E-state index contributed by atoms with van der Waals surface area (Å²) in [5.74, 6) is 0.680. The first-order valence-corrected chi connectivity index (χ1v) is 6.98. The van der Waals surface area contributed by atoms with Gasteiger partial charge in [-0.15, -0.1) is 0 Å². The summed E-state index contributed by atoms with van der Waals surface area (Å²) in [5, 5.41) is 3.25. The SMILES string of the molecule is FC(F)(F)c1ccc(C2=CNNC(N3CCNCC3)=N2)cc1. The van der Waals surface area contributed by atoms with Crippen LogP contribution < -0.4 is 16.2 Å². The summed E-state index contributed by atoms with van der Waals surface area (Å²) >= 11 is 0. The van der Waals surface area contributed by atoms with Crippen LogP contribution in [0.4, 0.5) is 13.2 Å². The largest absolute Gasteiger partial charge is 0.416 e. The molecule has 0 spiro atoms. The Morgan fingerprint density at radius 3 is 2.36 bits per heavy atom. The zero-order chi connectivity index (χ0) is 15.6. The zero-order valence-electron chi connectivity index (χ0n) is 11.7. The van der Waals surface area contributed by atoms with Gasteiger partial charge in [0.2, 0.25) is 5.96 Å². The summed E-state index contributed by atoms with van der Waals surface area (Å²) in [7, 11) is 0. The van der Waals surface area contributed by atoms with E-state index in [9.17, 15) is 13.2 Å². The Bertz CT molecular complexity index is 585. The lowest BCUT2D eigenvalue weighted by atomic mass is 10.1. The maximum absolute atomic E-state index is 12.6. The Morgan fingerprint density at radius 2 is 1.73 bits per heavy atom. The molecule has 1 saturated heterocycles. The molecule has 2 aliphatic rings. The van der Waals surface area contributed by atoms with Gasteiger partial charge in [0.15, 0.2) is 0 Å². The smallest absolute Gasteiger partial charge is 0.339 e. The molecule has 0 radical (unpaired) electrons. The average molecular weight is 311 g/mol. The maximum atomic E-state index is 12.6. The molecule has 0 saturated carbocycles. The van der Waals surface area contributed by atoms with Crippen LogP contribution in [0.3, 0.4) is 0 Å². The number of halogens is 3. The molecular weight excluding hydrogens is 295 g/mol. The number of nitrogens with zero attached hydrogens (tertiary/aromatic N) is 2. The van der Waals surface area contributed by atoms with Crippen LogP contribution in [-0.4, -0.2) is 37.0 Å². The summed E-state index contributed by atoms with van der Waals surface area (Å²) in [6.07, 6.45) is -2.69. The molecule has 2 aliphatic heterocycles. The lowest BCUT2D eigenvalue weighted by molar-refractivity contribution is -0.137. The normalized spacial score (nSPS) is 19.0. The van der Waals surface area contributed by atoms with Crippen molar-refractivity contribution in [2.75, 3.05) is 26.2 Å². The van der Waals surface area contributed by atoms with Crippen LogP contribution in [0, 0.1) is 0 Å². The van der Waals surface area contributed by atoms with Crippen molar-refractivity contribution < 1.29 is 13.2 Å². The molecule has 2 heterocycles. The van der Waals surface area contributed by atoms with E-state index in [1.54, 1.807) is 6.20 Å². The summed E-state index contributed by atoms with van der Waals surface area (Å²) < 4.78 is 37.8. The number of guanidine groups is 1. The summed E-state index contributed by atoms with van der Waals surface area (Å²) in [5.41, 5.74) is 6.43. The fourth-order valence-electron chi connectivity index (χ4n) is 2.35. The molecule has 1 fully saturated rings. The fourth-order valence-corrected chi connectivity index (χ4v) is 2.35. The number of hydrogen-bond acceptors (Lipinski definition) is 5. The van der Waals surface area contributed by atoms with Gasteiger partial charge in [-0.3, -0.25) is 5.43 Å². The Balaban J connectivity index is 1.79. The number of hydrazine groups is 1. The van der Waals surface area contributed by atoms with Gasteiger partial charge in [-0.2, -0.15) is 13.2 Å². The maximum Gasteiger partial charge on any atom is 0.416 e. The van der Waals surface area contributed by atoms with Gasteiger partial charge in [-0.25, -0.2) is 4.99 Å². The van der Waals surface area contributed by atoms with Gasteiger partial charge in [-0.1, -0.05) is 12.1 Å². The molecule has 5 nitrogen and oxygen atoms in total. The predicted octanol–water partition coefficient (Wildman–Crippen LogP) is 1.37. The first-order chi connectivity index (χ1) is 10.5. The number of piperazine rings is 1. The van der Waals surface area contributed by atoms with E-state index in [0.29, 0.717) is 17.2 Å². The molecule has 3 rings (SSSR count). The van der Waals surface area contributed by atoms with Crippen molar-refractivity contribution in [3.05, 3.63) is 41.6 Å². The number of hydrogen-bond donors (Lipinski definition) is 3. The van der Waals surface area contributed by atoms with Gasteiger partial charge < -0.3 is 15.6 Å². The van der Waals surface area contributed by atoms with Gasteiger partial charge in [0.1, 0.15) is 0 Å². The van der Waals surface area contributed by atoms with E-state index in [-0.39, 0.29) is 0 Å². The third kappa shape index (κ3) is 3.16. The van der Waals surface area contributed by atoms with Crippen molar-refractivity contribution in [2.24, 2.45) is 4.99 Å². The number of rotatable bonds is 1. The van der Waals surface area contributed by atoms with Gasteiger partial charge in [-0.05, 0) is 12.1 Å². The standard InChI is InChI=1S/C14H16F3N5/c15-14(16,17)11-3-1-10(2-4-11)12-9-19-21-13(20-12)22-7-5-18-6-8-22/h1-4,9,18-19H,5-8H2,(H,20,21). The summed E-state index contributed by atoms with van der Waals surface area (Å²) in [6, 6.07) is 5.00. The van der Waals surface area contributed by atoms with E-state index in [4.69, 9.17) is 0 Å². The van der Waals surface area contributed by atoms with E-state index < -0.39 is 11.7 Å². The van der Waals surface area contributed by atoms with E-state index in [1.807, 2.05) is 0 Å². The molecule has 0 atom stereocenters. The molecule has 0 aromatic heterocycles. The van der Waals surface area contributed by atoms with Crippen LogP contribution in [-0.2, 0) is 6.18 Å². The van der Waals surface area contributed by atoms with Crippen LogP contribution in [0.1, 0.15) is 11.1 Å². The number of alkyl halides is 3. The van der Waals surface area contributed by atoms with Crippen LogP contribution in [0.15, 0.2) is 35.5 Å². The van der Waals surface area contributed by atoms with E-state index in [0.717, 1.165) is 38.3 Å². The van der Waals surface area contributed by atoms with Crippen molar-refractivity contribution in [3.8, 4) is 0 Å². The van der Waals surface area contributed by atoms with Crippen LogP contribution >= 0.6 is 0 Å². The predicted molar refractivity (Wildman–Crippen MR) is 77.6 cm³/mol. The molecule has 1 aromatic carbocycles. The molecule has 22 heavy (non-hydrogen) atoms. The Kier molecular flexibility index (Phi) is 3.93. The second-order valence-electron chi connectivity index (χ2n) is 5.05. The molecular formula is C14H16F3N5. The zero-order valence-corrected chi connectivity index (χ0v) is 11.7. The number of benzene rings is 1. The van der Waals surface area contributed by atoms with E-state index in [1.165, 1.54) is 12.1 Å². The number of nitrogens with one attached hydrogen (secondary N) is 3. The molecule has 3 N–H and O–H groups in total. The third-order valence-electron chi connectivity index (χ3n) is 3.54. The average Bonchev–Trinajstić information content (AvgIpc) is 2.55. The lowest BCUT2D eigenvalue weighted by Crippen LogP contribution is -2.54. The minimum absolute atomic E-state index is 0.598. The van der Waals surface area contributed by atoms with Crippen molar-refractivity contribution in [1.82, 2.24) is 21.1 Å². The van der Waals surface area contributed by atoms with E-state index in [2.05, 4.69) is 26.1 Å². The third-order valence-corrected chi connectivity index (χ3v) is 3.54. The minimum atomic E-state index is -4.32.